The molecule has 0 unspecified atom stereocenters. The molecule has 0 saturated heterocycles. The first kappa shape index (κ1) is 12.7. The standard InChI is InChI=1S/C16H10F2N4/c17-9-5-6-10(12(18)7-9)15-11(8-19-22-15)16-20-13-3-1-2-4-14(13)21-16/h1-8H,(H,19,22)(H,20,21). The third-order valence-electron chi connectivity index (χ3n) is 3.48. The van der Waals surface area contributed by atoms with Crippen LogP contribution in [0.5, 0.6) is 0 Å². The number of hydrogen-bond acceptors (Lipinski definition) is 2. The molecule has 0 bridgehead atoms. The zero-order valence-electron chi connectivity index (χ0n) is 11.3. The fraction of sp³-hybridized carbons (Fsp3) is 0. The number of imidazole rings is 1. The second-order valence-electron chi connectivity index (χ2n) is 4.89. The van der Waals surface area contributed by atoms with Crippen molar-refractivity contribution >= 4 is 11.0 Å². The average molecular weight is 296 g/mol. The van der Waals surface area contributed by atoms with E-state index in [-0.39, 0.29) is 5.56 Å². The summed E-state index contributed by atoms with van der Waals surface area (Å²) in [5.41, 5.74) is 3.01. The molecule has 2 aromatic heterocycles. The number of para-hydroxylation sites is 2. The van der Waals surface area contributed by atoms with Gasteiger partial charge < -0.3 is 4.98 Å². The molecule has 2 heterocycles. The van der Waals surface area contributed by atoms with Gasteiger partial charge in [-0.05, 0) is 24.3 Å². The van der Waals surface area contributed by atoms with E-state index in [1.165, 1.54) is 12.1 Å². The van der Waals surface area contributed by atoms with Gasteiger partial charge in [0.05, 0.1) is 28.5 Å². The number of rotatable bonds is 2. The molecule has 0 amide bonds. The molecule has 2 aromatic carbocycles. The lowest BCUT2D eigenvalue weighted by molar-refractivity contribution is 0.585. The summed E-state index contributed by atoms with van der Waals surface area (Å²) >= 11 is 0. The molecule has 0 aliphatic rings. The Morgan fingerprint density at radius 3 is 2.64 bits per heavy atom. The van der Waals surface area contributed by atoms with Crippen LogP contribution >= 0.6 is 0 Å². The van der Waals surface area contributed by atoms with Gasteiger partial charge in [-0.1, -0.05) is 12.1 Å². The SMILES string of the molecule is Fc1ccc(-c2[nH]ncc2-c2nc3ccccc3[nH]2)c(F)c1. The lowest BCUT2D eigenvalue weighted by Crippen LogP contribution is -1.89. The van der Waals surface area contributed by atoms with Crippen molar-refractivity contribution in [3.8, 4) is 22.6 Å². The molecule has 0 fully saturated rings. The van der Waals surface area contributed by atoms with E-state index in [0.29, 0.717) is 17.1 Å². The number of nitrogens with zero attached hydrogens (tertiary/aromatic N) is 2. The van der Waals surface area contributed by atoms with E-state index in [4.69, 9.17) is 0 Å². The number of benzene rings is 2. The van der Waals surface area contributed by atoms with Gasteiger partial charge in [-0.25, -0.2) is 13.8 Å². The summed E-state index contributed by atoms with van der Waals surface area (Å²) in [6.45, 7) is 0. The lowest BCUT2D eigenvalue weighted by atomic mass is 10.1. The van der Waals surface area contributed by atoms with Gasteiger partial charge in [0, 0.05) is 11.6 Å². The van der Waals surface area contributed by atoms with Crippen molar-refractivity contribution in [1.82, 2.24) is 20.2 Å². The van der Waals surface area contributed by atoms with Crippen molar-refractivity contribution in [2.75, 3.05) is 0 Å². The smallest absolute Gasteiger partial charge is 0.142 e. The van der Waals surface area contributed by atoms with E-state index < -0.39 is 11.6 Å². The molecule has 22 heavy (non-hydrogen) atoms. The minimum atomic E-state index is -0.651. The Morgan fingerprint density at radius 1 is 0.955 bits per heavy atom. The monoisotopic (exact) mass is 296 g/mol. The van der Waals surface area contributed by atoms with E-state index in [1.807, 2.05) is 24.3 Å². The molecule has 0 radical (unpaired) electrons. The van der Waals surface area contributed by atoms with Gasteiger partial charge in [0.2, 0.25) is 0 Å². The van der Waals surface area contributed by atoms with Crippen LogP contribution in [0, 0.1) is 11.6 Å². The maximum Gasteiger partial charge on any atom is 0.142 e. The second-order valence-corrected chi connectivity index (χ2v) is 4.89. The topological polar surface area (TPSA) is 57.4 Å². The summed E-state index contributed by atoms with van der Waals surface area (Å²) in [7, 11) is 0. The molecule has 0 aliphatic carbocycles. The molecule has 4 nitrogen and oxygen atoms in total. The molecule has 6 heteroatoms. The molecular formula is C16H10F2N4. The third-order valence-corrected chi connectivity index (χ3v) is 3.48. The van der Waals surface area contributed by atoms with Crippen LogP contribution in [0.1, 0.15) is 0 Å². The molecule has 4 rings (SSSR count). The van der Waals surface area contributed by atoms with Crippen LogP contribution in [0.4, 0.5) is 8.78 Å². The van der Waals surface area contributed by atoms with Crippen LogP contribution < -0.4 is 0 Å². The molecule has 0 aliphatic heterocycles. The highest BCUT2D eigenvalue weighted by molar-refractivity contribution is 5.84. The highest BCUT2D eigenvalue weighted by atomic mass is 19.1. The number of aromatic nitrogens is 4. The van der Waals surface area contributed by atoms with Gasteiger partial charge in [-0.3, -0.25) is 5.10 Å². The minimum Gasteiger partial charge on any atom is -0.338 e. The predicted octanol–water partition coefficient (Wildman–Crippen LogP) is 3.90. The van der Waals surface area contributed by atoms with Crippen molar-refractivity contribution in [3.63, 3.8) is 0 Å². The molecule has 0 spiro atoms. The summed E-state index contributed by atoms with van der Waals surface area (Å²) in [4.78, 5) is 7.65. The van der Waals surface area contributed by atoms with E-state index in [9.17, 15) is 8.78 Å². The minimum absolute atomic E-state index is 0.245. The Labute approximate surface area is 123 Å². The number of fused-ring (bicyclic) bond motifs is 1. The number of halogens is 2. The summed E-state index contributed by atoms with van der Waals surface area (Å²) in [6.07, 6.45) is 1.57. The Hall–Kier alpha value is -3.02. The number of hydrogen-bond donors (Lipinski definition) is 2. The van der Waals surface area contributed by atoms with Crippen LogP contribution in [0.15, 0.2) is 48.7 Å². The molecular weight excluding hydrogens is 286 g/mol. The normalized spacial score (nSPS) is 11.2. The van der Waals surface area contributed by atoms with Crippen LogP contribution in [0.2, 0.25) is 0 Å². The summed E-state index contributed by atoms with van der Waals surface area (Å²) in [5.74, 6) is -0.693. The number of H-pyrrole nitrogens is 2. The molecule has 0 saturated carbocycles. The Kier molecular flexibility index (Phi) is 2.75. The van der Waals surface area contributed by atoms with Crippen molar-refractivity contribution in [2.24, 2.45) is 0 Å². The number of aromatic amines is 2. The Morgan fingerprint density at radius 2 is 1.82 bits per heavy atom. The Balaban J connectivity index is 1.89. The van der Waals surface area contributed by atoms with E-state index in [1.54, 1.807) is 6.20 Å². The highest BCUT2D eigenvalue weighted by Gasteiger charge is 2.16. The van der Waals surface area contributed by atoms with Crippen LogP contribution in [-0.4, -0.2) is 20.2 Å². The molecule has 4 aromatic rings. The van der Waals surface area contributed by atoms with Gasteiger partial charge >= 0.3 is 0 Å². The predicted molar refractivity (Wildman–Crippen MR) is 79.0 cm³/mol. The first-order valence-electron chi connectivity index (χ1n) is 6.66. The molecule has 0 atom stereocenters. The fourth-order valence-electron chi connectivity index (χ4n) is 2.44. The van der Waals surface area contributed by atoms with Crippen LogP contribution in [0.25, 0.3) is 33.7 Å². The van der Waals surface area contributed by atoms with Crippen LogP contribution in [0.3, 0.4) is 0 Å². The van der Waals surface area contributed by atoms with Gasteiger partial charge in [0.15, 0.2) is 0 Å². The lowest BCUT2D eigenvalue weighted by Gasteiger charge is -2.03. The van der Waals surface area contributed by atoms with Gasteiger partial charge in [-0.2, -0.15) is 5.10 Å². The largest absolute Gasteiger partial charge is 0.338 e. The second kappa shape index (κ2) is 4.77. The van der Waals surface area contributed by atoms with Crippen molar-refractivity contribution in [3.05, 3.63) is 60.3 Å². The first-order valence-corrected chi connectivity index (χ1v) is 6.66. The highest BCUT2D eigenvalue weighted by Crippen LogP contribution is 2.31. The van der Waals surface area contributed by atoms with E-state index >= 15 is 0 Å². The summed E-state index contributed by atoms with van der Waals surface area (Å²) in [5, 5.41) is 6.72. The maximum atomic E-state index is 14.0. The third kappa shape index (κ3) is 1.96. The first-order chi connectivity index (χ1) is 10.7. The fourth-order valence-corrected chi connectivity index (χ4v) is 2.44. The van der Waals surface area contributed by atoms with Crippen molar-refractivity contribution in [1.29, 1.82) is 0 Å². The average Bonchev–Trinajstić information content (AvgIpc) is 3.13. The number of nitrogens with one attached hydrogen (secondary N) is 2. The maximum absolute atomic E-state index is 14.0. The molecule has 108 valence electrons. The quantitative estimate of drug-likeness (QED) is 0.589. The summed E-state index contributed by atoms with van der Waals surface area (Å²) < 4.78 is 27.1. The van der Waals surface area contributed by atoms with Crippen molar-refractivity contribution in [2.45, 2.75) is 0 Å². The van der Waals surface area contributed by atoms with Gasteiger partial charge in [0.1, 0.15) is 17.5 Å². The van der Waals surface area contributed by atoms with Gasteiger partial charge in [-0.15, -0.1) is 0 Å². The van der Waals surface area contributed by atoms with Gasteiger partial charge in [0.25, 0.3) is 0 Å². The van der Waals surface area contributed by atoms with Crippen molar-refractivity contribution < 1.29 is 8.78 Å². The van der Waals surface area contributed by atoms with Crippen LogP contribution in [-0.2, 0) is 0 Å². The Bertz CT molecular complexity index is 938. The zero-order chi connectivity index (χ0) is 15.1. The van der Waals surface area contributed by atoms with E-state index in [2.05, 4.69) is 20.2 Å². The zero-order valence-corrected chi connectivity index (χ0v) is 11.3. The summed E-state index contributed by atoms with van der Waals surface area (Å²) in [6, 6.07) is 11.0. The molecule has 2 N–H and O–H groups in total. The van der Waals surface area contributed by atoms with E-state index in [0.717, 1.165) is 17.1 Å².